The van der Waals surface area contributed by atoms with E-state index in [2.05, 4.69) is 10.2 Å². The van der Waals surface area contributed by atoms with Gasteiger partial charge < -0.3 is 14.8 Å². The number of rotatable bonds is 6. The highest BCUT2D eigenvalue weighted by Crippen LogP contribution is 2.22. The van der Waals surface area contributed by atoms with Gasteiger partial charge in [0.2, 0.25) is 0 Å². The topological polar surface area (TPSA) is 50.8 Å². The minimum Gasteiger partial charge on any atom is -0.491 e. The quantitative estimate of drug-likeness (QED) is 0.861. The molecule has 0 aromatic heterocycles. The predicted molar refractivity (Wildman–Crippen MR) is 98.1 cm³/mol. The third-order valence-electron chi connectivity index (χ3n) is 4.19. The van der Waals surface area contributed by atoms with E-state index in [1.807, 2.05) is 18.2 Å². The van der Waals surface area contributed by atoms with Crippen LogP contribution in [-0.2, 0) is 11.3 Å². The number of morpholine rings is 1. The Bertz CT molecular complexity index is 760. The Labute approximate surface area is 152 Å². The molecule has 0 saturated carbocycles. The summed E-state index contributed by atoms with van der Waals surface area (Å²) in [5.41, 5.74) is 2.01. The number of hydrogen-bond acceptors (Lipinski definition) is 4. The molecular formula is C20H23FN2O3. The number of benzene rings is 2. The maximum atomic E-state index is 13.9. The zero-order chi connectivity index (χ0) is 18.4. The molecule has 2 aromatic carbocycles. The summed E-state index contributed by atoms with van der Waals surface area (Å²) in [5.74, 6) is -0.582. The van der Waals surface area contributed by atoms with Gasteiger partial charge in [-0.15, -0.1) is 0 Å². The molecule has 1 aliphatic rings. The van der Waals surface area contributed by atoms with Gasteiger partial charge >= 0.3 is 0 Å². The number of amides is 1. The summed E-state index contributed by atoms with van der Waals surface area (Å²) >= 11 is 0. The van der Waals surface area contributed by atoms with Gasteiger partial charge in [-0.3, -0.25) is 9.69 Å². The van der Waals surface area contributed by atoms with Crippen molar-refractivity contribution in [3.63, 3.8) is 0 Å². The maximum absolute atomic E-state index is 13.9. The molecule has 1 fully saturated rings. The van der Waals surface area contributed by atoms with Gasteiger partial charge in [0.05, 0.1) is 19.8 Å². The smallest absolute Gasteiger partial charge is 0.255 e. The first kappa shape index (κ1) is 18.4. The average molecular weight is 358 g/mol. The van der Waals surface area contributed by atoms with Crippen LogP contribution in [0.4, 0.5) is 10.1 Å². The van der Waals surface area contributed by atoms with Crippen LogP contribution in [-0.4, -0.2) is 43.7 Å². The standard InChI is InChI=1S/C20H23FN2O3/c1-2-26-19-7-6-17(13-18(19)21)22-20(24)16-5-3-4-15(12-16)14-23-8-10-25-11-9-23/h3-7,12-13H,2,8-11,14H2,1H3,(H,22,24). The van der Waals surface area contributed by atoms with Gasteiger partial charge in [0.25, 0.3) is 5.91 Å². The van der Waals surface area contributed by atoms with Gasteiger partial charge in [0, 0.05) is 37.0 Å². The molecule has 26 heavy (non-hydrogen) atoms. The van der Waals surface area contributed by atoms with Crippen LogP contribution in [0, 0.1) is 5.82 Å². The summed E-state index contributed by atoms with van der Waals surface area (Å²) in [7, 11) is 0. The minimum absolute atomic E-state index is 0.179. The largest absolute Gasteiger partial charge is 0.491 e. The summed E-state index contributed by atoms with van der Waals surface area (Å²) in [5, 5.41) is 2.73. The Morgan fingerprint density at radius 3 is 2.77 bits per heavy atom. The second-order valence-corrected chi connectivity index (χ2v) is 6.12. The molecule has 138 valence electrons. The molecule has 0 unspecified atom stereocenters. The Morgan fingerprint density at radius 2 is 2.04 bits per heavy atom. The fourth-order valence-corrected chi connectivity index (χ4v) is 2.88. The van der Waals surface area contributed by atoms with Crippen molar-refractivity contribution in [1.29, 1.82) is 0 Å². The second kappa shape index (κ2) is 8.78. The van der Waals surface area contributed by atoms with Crippen molar-refractivity contribution in [2.24, 2.45) is 0 Å². The molecule has 1 N–H and O–H groups in total. The molecule has 1 heterocycles. The highest BCUT2D eigenvalue weighted by Gasteiger charge is 2.13. The molecule has 2 aromatic rings. The van der Waals surface area contributed by atoms with E-state index in [0.717, 1.165) is 38.4 Å². The van der Waals surface area contributed by atoms with E-state index in [1.165, 1.54) is 12.1 Å². The Kier molecular flexibility index (Phi) is 6.20. The number of carbonyl (C=O) groups is 1. The lowest BCUT2D eigenvalue weighted by Gasteiger charge is -2.26. The van der Waals surface area contributed by atoms with Crippen LogP contribution in [0.15, 0.2) is 42.5 Å². The summed E-state index contributed by atoms with van der Waals surface area (Å²) in [6.45, 7) is 6.22. The molecule has 1 aliphatic heterocycles. The Balaban J connectivity index is 1.66. The van der Waals surface area contributed by atoms with Crippen molar-refractivity contribution in [2.75, 3.05) is 38.2 Å². The molecule has 0 aliphatic carbocycles. The number of anilines is 1. The van der Waals surface area contributed by atoms with E-state index in [9.17, 15) is 9.18 Å². The van der Waals surface area contributed by atoms with Gasteiger partial charge in [-0.1, -0.05) is 12.1 Å². The number of nitrogens with zero attached hydrogens (tertiary/aromatic N) is 1. The van der Waals surface area contributed by atoms with E-state index in [0.29, 0.717) is 17.9 Å². The van der Waals surface area contributed by atoms with Crippen LogP contribution in [0.3, 0.4) is 0 Å². The number of nitrogens with one attached hydrogen (secondary N) is 1. The van der Waals surface area contributed by atoms with Gasteiger partial charge in [-0.2, -0.15) is 0 Å². The van der Waals surface area contributed by atoms with E-state index < -0.39 is 5.82 Å². The second-order valence-electron chi connectivity index (χ2n) is 6.12. The van der Waals surface area contributed by atoms with Crippen LogP contribution in [0.5, 0.6) is 5.75 Å². The zero-order valence-corrected chi connectivity index (χ0v) is 14.8. The third-order valence-corrected chi connectivity index (χ3v) is 4.19. The molecule has 6 heteroatoms. The fourth-order valence-electron chi connectivity index (χ4n) is 2.88. The van der Waals surface area contributed by atoms with Gasteiger partial charge in [-0.05, 0) is 36.8 Å². The Morgan fingerprint density at radius 1 is 1.23 bits per heavy atom. The number of ether oxygens (including phenoxy) is 2. The summed E-state index contributed by atoms with van der Waals surface area (Å²) < 4.78 is 24.4. The molecule has 1 saturated heterocycles. The lowest BCUT2D eigenvalue weighted by Crippen LogP contribution is -2.35. The fraction of sp³-hybridized carbons (Fsp3) is 0.350. The van der Waals surface area contributed by atoms with E-state index in [4.69, 9.17) is 9.47 Å². The lowest BCUT2D eigenvalue weighted by atomic mass is 10.1. The normalized spacial score (nSPS) is 14.8. The molecule has 3 rings (SSSR count). The van der Waals surface area contributed by atoms with Crippen LogP contribution < -0.4 is 10.1 Å². The van der Waals surface area contributed by atoms with Crippen molar-refractivity contribution < 1.29 is 18.7 Å². The maximum Gasteiger partial charge on any atom is 0.255 e. The number of carbonyl (C=O) groups excluding carboxylic acids is 1. The first-order valence-electron chi connectivity index (χ1n) is 8.78. The average Bonchev–Trinajstić information content (AvgIpc) is 2.65. The minimum atomic E-state index is -0.495. The predicted octanol–water partition coefficient (Wildman–Crippen LogP) is 3.31. The Hall–Kier alpha value is -2.44. The number of hydrogen-bond donors (Lipinski definition) is 1. The van der Waals surface area contributed by atoms with Crippen LogP contribution in [0.1, 0.15) is 22.8 Å². The summed E-state index contributed by atoms with van der Waals surface area (Å²) in [4.78, 5) is 14.8. The molecule has 0 bridgehead atoms. The van der Waals surface area contributed by atoms with Crippen molar-refractivity contribution in [1.82, 2.24) is 4.90 Å². The van der Waals surface area contributed by atoms with E-state index in [1.54, 1.807) is 19.1 Å². The first-order valence-corrected chi connectivity index (χ1v) is 8.78. The van der Waals surface area contributed by atoms with Crippen LogP contribution in [0.25, 0.3) is 0 Å². The molecule has 0 spiro atoms. The van der Waals surface area contributed by atoms with Crippen LogP contribution in [0.2, 0.25) is 0 Å². The highest BCUT2D eigenvalue weighted by molar-refractivity contribution is 6.04. The van der Waals surface area contributed by atoms with Crippen molar-refractivity contribution in [3.05, 3.63) is 59.4 Å². The SMILES string of the molecule is CCOc1ccc(NC(=O)c2cccc(CN3CCOCC3)c2)cc1F. The van der Waals surface area contributed by atoms with Gasteiger partial charge in [0.1, 0.15) is 0 Å². The summed E-state index contributed by atoms with van der Waals surface area (Å²) in [6, 6.07) is 11.9. The van der Waals surface area contributed by atoms with Crippen molar-refractivity contribution in [3.8, 4) is 5.75 Å². The highest BCUT2D eigenvalue weighted by atomic mass is 19.1. The molecule has 1 amide bonds. The van der Waals surface area contributed by atoms with E-state index >= 15 is 0 Å². The lowest BCUT2D eigenvalue weighted by molar-refractivity contribution is 0.0342. The monoisotopic (exact) mass is 358 g/mol. The zero-order valence-electron chi connectivity index (χ0n) is 14.8. The number of halogens is 1. The molecule has 5 nitrogen and oxygen atoms in total. The van der Waals surface area contributed by atoms with Gasteiger partial charge in [-0.25, -0.2) is 4.39 Å². The first-order chi connectivity index (χ1) is 12.7. The molecular weight excluding hydrogens is 335 g/mol. The van der Waals surface area contributed by atoms with E-state index in [-0.39, 0.29) is 11.7 Å². The van der Waals surface area contributed by atoms with Gasteiger partial charge in [0.15, 0.2) is 11.6 Å². The van der Waals surface area contributed by atoms with Crippen molar-refractivity contribution in [2.45, 2.75) is 13.5 Å². The van der Waals surface area contributed by atoms with Crippen molar-refractivity contribution >= 4 is 11.6 Å². The summed E-state index contributed by atoms with van der Waals surface area (Å²) in [6.07, 6.45) is 0. The third kappa shape index (κ3) is 4.80. The van der Waals surface area contributed by atoms with Crippen LogP contribution >= 0.6 is 0 Å². The molecule has 0 atom stereocenters. The molecule has 0 radical (unpaired) electrons.